The summed E-state index contributed by atoms with van der Waals surface area (Å²) < 4.78 is 45.2. The third-order valence-electron chi connectivity index (χ3n) is 5.59. The number of nitrogens with zero attached hydrogens (tertiary/aromatic N) is 3. The first-order chi connectivity index (χ1) is 16.1. The molecule has 0 saturated heterocycles. The van der Waals surface area contributed by atoms with Crippen molar-refractivity contribution in [2.75, 3.05) is 12.3 Å². The number of carbonyl (C=O) groups excluding carboxylic acids is 1. The number of aryl methyl sites for hydroxylation is 1. The van der Waals surface area contributed by atoms with Gasteiger partial charge in [0.1, 0.15) is 17.7 Å². The van der Waals surface area contributed by atoms with Crippen molar-refractivity contribution in [3.63, 3.8) is 0 Å². The van der Waals surface area contributed by atoms with E-state index in [0.29, 0.717) is 16.8 Å². The van der Waals surface area contributed by atoms with Crippen LogP contribution in [0.3, 0.4) is 0 Å². The number of rotatable bonds is 6. The fourth-order valence-corrected chi connectivity index (χ4v) is 3.67. The van der Waals surface area contributed by atoms with E-state index in [0.717, 1.165) is 19.1 Å². The minimum absolute atomic E-state index is 0.0682. The second-order valence-electron chi connectivity index (χ2n) is 8.22. The number of nitrogen functional groups attached to an aromatic ring is 1. The van der Waals surface area contributed by atoms with E-state index in [1.54, 1.807) is 31.3 Å². The largest absolute Gasteiger partial charge is 0.385 e. The van der Waals surface area contributed by atoms with Gasteiger partial charge in [0.15, 0.2) is 11.3 Å². The van der Waals surface area contributed by atoms with Crippen LogP contribution in [0.1, 0.15) is 34.5 Å². The lowest BCUT2D eigenvalue weighted by Crippen LogP contribution is -2.42. The van der Waals surface area contributed by atoms with Crippen LogP contribution in [0.25, 0.3) is 16.8 Å². The van der Waals surface area contributed by atoms with Gasteiger partial charge >= 0.3 is 0 Å². The molecule has 0 bridgehead atoms. The number of aromatic nitrogens is 3. The Morgan fingerprint density at radius 3 is 2.62 bits per heavy atom. The molecule has 0 radical (unpaired) electrons. The summed E-state index contributed by atoms with van der Waals surface area (Å²) in [5.41, 5.74) is 4.56. The molecule has 4 aromatic rings. The van der Waals surface area contributed by atoms with E-state index in [-0.39, 0.29) is 22.6 Å². The molecule has 2 aromatic carbocycles. The van der Waals surface area contributed by atoms with Crippen LogP contribution in [-0.2, 0) is 0 Å². The number of amides is 1. The molecule has 10 heteroatoms. The Bertz CT molecular complexity index is 1370. The fraction of sp³-hybridized carbons (Fsp3) is 0.208. The van der Waals surface area contributed by atoms with Crippen molar-refractivity contribution in [2.45, 2.75) is 25.6 Å². The number of pyridine rings is 1. The first kappa shape index (κ1) is 23.2. The fourth-order valence-electron chi connectivity index (χ4n) is 3.67. The molecule has 0 aliphatic rings. The number of hydrogen-bond donors (Lipinski definition) is 3. The lowest BCUT2D eigenvalue weighted by molar-refractivity contribution is 0.00351. The van der Waals surface area contributed by atoms with Crippen LogP contribution in [-0.4, -0.2) is 37.8 Å². The normalized spacial score (nSPS) is 14.1. The van der Waals surface area contributed by atoms with Crippen molar-refractivity contribution in [3.8, 4) is 11.1 Å². The van der Waals surface area contributed by atoms with Gasteiger partial charge in [0, 0.05) is 11.8 Å². The summed E-state index contributed by atoms with van der Waals surface area (Å²) in [5.74, 6) is -2.07. The first-order valence-electron chi connectivity index (χ1n) is 10.4. The summed E-state index contributed by atoms with van der Waals surface area (Å²) in [7, 11) is 0. The van der Waals surface area contributed by atoms with E-state index in [1.165, 1.54) is 22.7 Å². The molecule has 2 heterocycles. The highest BCUT2D eigenvalue weighted by Gasteiger charge is 2.35. The van der Waals surface area contributed by atoms with Crippen molar-refractivity contribution < 1.29 is 23.1 Å². The molecule has 176 valence electrons. The minimum atomic E-state index is -2.30. The number of hydrogen-bond acceptors (Lipinski definition) is 5. The van der Waals surface area contributed by atoms with Gasteiger partial charge in [-0.2, -0.15) is 4.98 Å². The molecule has 4 N–H and O–H groups in total. The SMILES string of the molecule is Cc1ccc(-c2ccn3nc(N)nc3c2)c(F)c1C(=O)NC[C@](C)(F)[C@@H](O)c1ccc(F)cc1. The Morgan fingerprint density at radius 1 is 1.21 bits per heavy atom. The zero-order chi connectivity index (χ0) is 24.6. The predicted octanol–water partition coefficient (Wildman–Crippen LogP) is 3.76. The average Bonchev–Trinajstić information content (AvgIpc) is 3.17. The molecule has 34 heavy (non-hydrogen) atoms. The number of aliphatic hydroxyl groups is 1. The second kappa shape index (κ2) is 8.79. The zero-order valence-corrected chi connectivity index (χ0v) is 18.4. The molecule has 1 amide bonds. The number of halogens is 3. The number of nitrogens with one attached hydrogen (secondary N) is 1. The summed E-state index contributed by atoms with van der Waals surface area (Å²) in [4.78, 5) is 16.9. The number of benzene rings is 2. The summed E-state index contributed by atoms with van der Waals surface area (Å²) in [6, 6.07) is 11.0. The smallest absolute Gasteiger partial charge is 0.254 e. The second-order valence-corrected chi connectivity index (χ2v) is 8.22. The number of anilines is 1. The van der Waals surface area contributed by atoms with Crippen LogP contribution >= 0.6 is 0 Å². The Hall–Kier alpha value is -3.92. The summed E-state index contributed by atoms with van der Waals surface area (Å²) in [5, 5.41) is 16.7. The van der Waals surface area contributed by atoms with Crippen LogP contribution in [0.5, 0.6) is 0 Å². The van der Waals surface area contributed by atoms with Crippen LogP contribution in [0, 0.1) is 18.6 Å². The van der Waals surface area contributed by atoms with Crippen LogP contribution in [0.4, 0.5) is 19.1 Å². The Labute approximate surface area is 193 Å². The van der Waals surface area contributed by atoms with E-state index in [1.807, 2.05) is 0 Å². The van der Waals surface area contributed by atoms with Crippen LogP contribution in [0.2, 0.25) is 0 Å². The van der Waals surface area contributed by atoms with E-state index in [2.05, 4.69) is 15.4 Å². The van der Waals surface area contributed by atoms with Crippen LogP contribution < -0.4 is 11.1 Å². The molecule has 2 aromatic heterocycles. The monoisotopic (exact) mass is 469 g/mol. The third kappa shape index (κ3) is 4.44. The van der Waals surface area contributed by atoms with E-state index < -0.39 is 35.9 Å². The molecule has 0 aliphatic heterocycles. The van der Waals surface area contributed by atoms with Gasteiger partial charge in [-0.15, -0.1) is 5.10 Å². The lowest BCUT2D eigenvalue weighted by atomic mass is 9.94. The zero-order valence-electron chi connectivity index (χ0n) is 18.4. The number of carbonyl (C=O) groups is 1. The summed E-state index contributed by atoms with van der Waals surface area (Å²) in [6.45, 7) is 2.06. The molecule has 4 rings (SSSR count). The van der Waals surface area contributed by atoms with Gasteiger partial charge in [0.2, 0.25) is 5.95 Å². The molecule has 0 saturated carbocycles. The highest BCUT2D eigenvalue weighted by atomic mass is 19.1. The first-order valence-corrected chi connectivity index (χ1v) is 10.4. The van der Waals surface area contributed by atoms with Crippen molar-refractivity contribution >= 4 is 17.5 Å². The maximum atomic E-state index is 15.4. The van der Waals surface area contributed by atoms with Gasteiger partial charge in [0.25, 0.3) is 5.91 Å². The van der Waals surface area contributed by atoms with E-state index >= 15 is 8.78 Å². The van der Waals surface area contributed by atoms with Crippen molar-refractivity contribution in [1.82, 2.24) is 19.9 Å². The maximum absolute atomic E-state index is 15.4. The minimum Gasteiger partial charge on any atom is -0.385 e. The third-order valence-corrected chi connectivity index (χ3v) is 5.59. The molecular formula is C24H22F3N5O2. The van der Waals surface area contributed by atoms with Crippen molar-refractivity contribution in [3.05, 3.63) is 83.1 Å². The topological polar surface area (TPSA) is 106 Å². The molecule has 0 unspecified atom stereocenters. The number of aliphatic hydroxyl groups excluding tert-OH is 1. The standard InChI is InChI=1S/C24H22F3N5O2/c1-13-3-8-17(15-9-10-32-18(11-15)30-23(28)31-32)20(26)19(13)22(34)29-12-24(2,27)21(33)14-4-6-16(25)7-5-14/h3-11,21,33H,12H2,1-2H3,(H2,28,31)(H,29,34)/t21-,24-/m0/s1. The van der Waals surface area contributed by atoms with Gasteiger partial charge in [0.05, 0.1) is 12.1 Å². The quantitative estimate of drug-likeness (QED) is 0.399. The van der Waals surface area contributed by atoms with Crippen molar-refractivity contribution in [1.29, 1.82) is 0 Å². The van der Waals surface area contributed by atoms with Gasteiger partial charge in [-0.3, -0.25) is 4.79 Å². The average molecular weight is 469 g/mol. The predicted molar refractivity (Wildman–Crippen MR) is 121 cm³/mol. The summed E-state index contributed by atoms with van der Waals surface area (Å²) >= 11 is 0. The molecule has 0 fully saturated rings. The molecular weight excluding hydrogens is 447 g/mol. The van der Waals surface area contributed by atoms with Gasteiger partial charge in [-0.25, -0.2) is 17.7 Å². The molecule has 0 spiro atoms. The van der Waals surface area contributed by atoms with Gasteiger partial charge < -0.3 is 16.2 Å². The molecule has 7 nitrogen and oxygen atoms in total. The Kier molecular flexibility index (Phi) is 6.01. The van der Waals surface area contributed by atoms with Crippen LogP contribution in [0.15, 0.2) is 54.7 Å². The van der Waals surface area contributed by atoms with E-state index in [4.69, 9.17) is 5.73 Å². The maximum Gasteiger partial charge on any atom is 0.254 e. The Morgan fingerprint density at radius 2 is 1.91 bits per heavy atom. The highest BCUT2D eigenvalue weighted by molar-refractivity contribution is 5.97. The molecule has 2 atom stereocenters. The molecule has 0 aliphatic carbocycles. The lowest BCUT2D eigenvalue weighted by Gasteiger charge is -2.27. The Balaban J connectivity index is 1.57. The number of alkyl halides is 1. The summed E-state index contributed by atoms with van der Waals surface area (Å²) in [6.07, 6.45) is -0.0636. The number of fused-ring (bicyclic) bond motifs is 1. The van der Waals surface area contributed by atoms with E-state index in [9.17, 15) is 14.3 Å². The highest BCUT2D eigenvalue weighted by Crippen LogP contribution is 2.30. The van der Waals surface area contributed by atoms with Crippen molar-refractivity contribution in [2.24, 2.45) is 0 Å². The van der Waals surface area contributed by atoms with Gasteiger partial charge in [-0.1, -0.05) is 24.3 Å². The number of nitrogens with two attached hydrogens (primary N) is 1. The van der Waals surface area contributed by atoms with Gasteiger partial charge in [-0.05, 0) is 54.8 Å².